The zero-order valence-electron chi connectivity index (χ0n) is 11.1. The summed E-state index contributed by atoms with van der Waals surface area (Å²) in [5, 5.41) is 1.10. The van der Waals surface area contributed by atoms with E-state index < -0.39 is 0 Å². The molecule has 1 aromatic carbocycles. The van der Waals surface area contributed by atoms with Gasteiger partial charge in [-0.05, 0) is 30.5 Å². The molecule has 0 bridgehead atoms. The van der Waals surface area contributed by atoms with Crippen LogP contribution in [-0.2, 0) is 6.42 Å². The van der Waals surface area contributed by atoms with Crippen LogP contribution in [0.2, 0.25) is 0 Å². The van der Waals surface area contributed by atoms with Gasteiger partial charge in [-0.15, -0.1) is 0 Å². The van der Waals surface area contributed by atoms with Crippen molar-refractivity contribution >= 4 is 16.7 Å². The number of anilines is 1. The number of nitrogens with zero attached hydrogens (tertiary/aromatic N) is 1. The lowest BCUT2D eigenvalue weighted by molar-refractivity contribution is 0.320. The lowest BCUT2D eigenvalue weighted by atomic mass is 10.1. The Morgan fingerprint density at radius 3 is 2.78 bits per heavy atom. The Labute approximate surface area is 108 Å². The molecule has 1 heterocycles. The fraction of sp³-hybridized carbons (Fsp3) is 0.400. The molecule has 0 saturated carbocycles. The monoisotopic (exact) mass is 244 g/mol. The number of nitrogens with two attached hydrogens (primary N) is 1. The van der Waals surface area contributed by atoms with Crippen molar-refractivity contribution in [3.05, 3.63) is 29.8 Å². The molecule has 3 nitrogen and oxygen atoms in total. The number of fused-ring (bicyclic) bond motifs is 1. The zero-order chi connectivity index (χ0) is 13.0. The van der Waals surface area contributed by atoms with E-state index in [0.29, 0.717) is 12.4 Å². The number of para-hydroxylation sites is 1. The number of nitrogen functional groups attached to an aromatic ring is 1. The van der Waals surface area contributed by atoms with Crippen LogP contribution in [0.1, 0.15) is 32.3 Å². The van der Waals surface area contributed by atoms with E-state index in [-0.39, 0.29) is 0 Å². The molecule has 0 spiro atoms. The van der Waals surface area contributed by atoms with E-state index in [1.54, 1.807) is 0 Å². The highest BCUT2D eigenvalue weighted by molar-refractivity contribution is 5.86. The van der Waals surface area contributed by atoms with E-state index in [1.807, 2.05) is 12.1 Å². The van der Waals surface area contributed by atoms with Crippen LogP contribution < -0.4 is 10.5 Å². The molecular weight excluding hydrogens is 224 g/mol. The summed E-state index contributed by atoms with van der Waals surface area (Å²) in [6.07, 6.45) is 3.03. The van der Waals surface area contributed by atoms with Gasteiger partial charge < -0.3 is 10.5 Å². The molecule has 0 amide bonds. The molecule has 0 atom stereocenters. The smallest absolute Gasteiger partial charge is 0.145 e. The number of benzene rings is 1. The van der Waals surface area contributed by atoms with Crippen molar-refractivity contribution < 1.29 is 4.74 Å². The molecule has 0 aliphatic rings. The Kier molecular flexibility index (Phi) is 4.03. The highest BCUT2D eigenvalue weighted by Crippen LogP contribution is 2.27. The predicted octanol–water partition coefficient (Wildman–Crippen LogP) is 3.56. The first-order valence-electron chi connectivity index (χ1n) is 6.57. The lowest BCUT2D eigenvalue weighted by Gasteiger charge is -2.10. The second-order valence-electron chi connectivity index (χ2n) is 4.46. The minimum absolute atomic E-state index is 0.622. The molecule has 0 aliphatic heterocycles. The number of ether oxygens (including phenoxy) is 1. The third kappa shape index (κ3) is 2.55. The number of hydrogen-bond donors (Lipinski definition) is 1. The van der Waals surface area contributed by atoms with E-state index >= 15 is 0 Å². The highest BCUT2D eigenvalue weighted by Gasteiger charge is 2.07. The van der Waals surface area contributed by atoms with Crippen molar-refractivity contribution in [2.75, 3.05) is 12.3 Å². The van der Waals surface area contributed by atoms with Crippen molar-refractivity contribution in [3.63, 3.8) is 0 Å². The summed E-state index contributed by atoms with van der Waals surface area (Å²) >= 11 is 0. The summed E-state index contributed by atoms with van der Waals surface area (Å²) in [4.78, 5) is 4.50. The van der Waals surface area contributed by atoms with E-state index in [0.717, 1.165) is 41.5 Å². The first kappa shape index (κ1) is 12.7. The van der Waals surface area contributed by atoms with Crippen LogP contribution in [-0.4, -0.2) is 11.6 Å². The van der Waals surface area contributed by atoms with E-state index in [1.165, 1.54) is 0 Å². The maximum Gasteiger partial charge on any atom is 0.145 e. The maximum absolute atomic E-state index is 6.00. The molecule has 0 fully saturated rings. The molecule has 96 valence electrons. The van der Waals surface area contributed by atoms with Crippen LogP contribution in [0.15, 0.2) is 24.3 Å². The summed E-state index contributed by atoms with van der Waals surface area (Å²) in [5.41, 5.74) is 7.99. The first-order valence-corrected chi connectivity index (χ1v) is 6.57. The fourth-order valence-electron chi connectivity index (χ4n) is 2.03. The second kappa shape index (κ2) is 5.71. The predicted molar refractivity (Wildman–Crippen MR) is 75.9 cm³/mol. The van der Waals surface area contributed by atoms with Gasteiger partial charge in [-0.3, -0.25) is 0 Å². The van der Waals surface area contributed by atoms with Gasteiger partial charge in [0.1, 0.15) is 17.1 Å². The highest BCUT2D eigenvalue weighted by atomic mass is 16.5. The Morgan fingerprint density at radius 1 is 1.22 bits per heavy atom. The summed E-state index contributed by atoms with van der Waals surface area (Å²) in [6, 6.07) is 8.13. The lowest BCUT2D eigenvalue weighted by Crippen LogP contribution is -2.01. The zero-order valence-corrected chi connectivity index (χ0v) is 11.1. The van der Waals surface area contributed by atoms with Gasteiger partial charge in [0, 0.05) is 5.39 Å². The van der Waals surface area contributed by atoms with Crippen LogP contribution in [0.5, 0.6) is 5.75 Å². The first-order chi connectivity index (χ1) is 8.76. The van der Waals surface area contributed by atoms with Crippen LogP contribution >= 0.6 is 0 Å². The quantitative estimate of drug-likeness (QED) is 0.874. The standard InChI is InChI=1S/C15H20N2O/c1-3-6-12-10-11-7-5-8-13(18-9-4-2)14(11)17-15(12)16/h5,7-8,10H,3-4,6,9H2,1-2H3,(H2,16,17). The van der Waals surface area contributed by atoms with Gasteiger partial charge >= 0.3 is 0 Å². The Balaban J connectivity index is 2.46. The molecule has 0 aliphatic carbocycles. The van der Waals surface area contributed by atoms with Gasteiger partial charge in [-0.25, -0.2) is 4.98 Å². The van der Waals surface area contributed by atoms with Crippen LogP contribution in [0, 0.1) is 0 Å². The fourth-order valence-corrected chi connectivity index (χ4v) is 2.03. The molecule has 18 heavy (non-hydrogen) atoms. The number of rotatable bonds is 5. The largest absolute Gasteiger partial charge is 0.491 e. The van der Waals surface area contributed by atoms with Crippen molar-refractivity contribution in [2.45, 2.75) is 33.1 Å². The van der Waals surface area contributed by atoms with E-state index in [2.05, 4.69) is 31.0 Å². The summed E-state index contributed by atoms with van der Waals surface area (Å²) in [7, 11) is 0. The van der Waals surface area contributed by atoms with Crippen molar-refractivity contribution in [1.82, 2.24) is 4.98 Å². The molecule has 0 unspecified atom stereocenters. The number of aryl methyl sites for hydroxylation is 1. The third-order valence-corrected chi connectivity index (χ3v) is 2.90. The number of aromatic nitrogens is 1. The van der Waals surface area contributed by atoms with Crippen molar-refractivity contribution in [2.24, 2.45) is 0 Å². The normalized spacial score (nSPS) is 10.8. The average Bonchev–Trinajstić information content (AvgIpc) is 2.38. The minimum atomic E-state index is 0.622. The SMILES string of the molecule is CCCOc1cccc2cc(CCC)c(N)nc12. The molecule has 3 heteroatoms. The van der Waals surface area contributed by atoms with Crippen LogP contribution in [0.3, 0.4) is 0 Å². The van der Waals surface area contributed by atoms with E-state index in [4.69, 9.17) is 10.5 Å². The van der Waals surface area contributed by atoms with Crippen molar-refractivity contribution in [3.8, 4) is 5.75 Å². The molecule has 0 saturated heterocycles. The van der Waals surface area contributed by atoms with Gasteiger partial charge in [0.2, 0.25) is 0 Å². The number of pyridine rings is 1. The van der Waals surface area contributed by atoms with E-state index in [9.17, 15) is 0 Å². The molecule has 0 radical (unpaired) electrons. The Hall–Kier alpha value is -1.77. The topological polar surface area (TPSA) is 48.1 Å². The van der Waals surface area contributed by atoms with Gasteiger partial charge in [-0.2, -0.15) is 0 Å². The minimum Gasteiger partial charge on any atom is -0.491 e. The molecule has 1 aromatic heterocycles. The van der Waals surface area contributed by atoms with Crippen molar-refractivity contribution in [1.29, 1.82) is 0 Å². The summed E-state index contributed by atoms with van der Waals surface area (Å²) < 4.78 is 5.71. The Morgan fingerprint density at radius 2 is 2.06 bits per heavy atom. The summed E-state index contributed by atoms with van der Waals surface area (Å²) in [6.45, 7) is 4.94. The average molecular weight is 244 g/mol. The second-order valence-corrected chi connectivity index (χ2v) is 4.46. The Bertz CT molecular complexity index is 537. The van der Waals surface area contributed by atoms with Gasteiger partial charge in [0.05, 0.1) is 6.61 Å². The number of hydrogen-bond acceptors (Lipinski definition) is 3. The van der Waals surface area contributed by atoms with Gasteiger partial charge in [-0.1, -0.05) is 32.4 Å². The maximum atomic E-state index is 6.00. The third-order valence-electron chi connectivity index (χ3n) is 2.90. The van der Waals surface area contributed by atoms with Gasteiger partial charge in [0.25, 0.3) is 0 Å². The van der Waals surface area contributed by atoms with Crippen LogP contribution in [0.25, 0.3) is 10.9 Å². The van der Waals surface area contributed by atoms with Crippen LogP contribution in [0.4, 0.5) is 5.82 Å². The molecule has 2 N–H and O–H groups in total. The molecule has 2 aromatic rings. The summed E-state index contributed by atoms with van der Waals surface area (Å²) in [5.74, 6) is 1.45. The van der Waals surface area contributed by atoms with Gasteiger partial charge in [0.15, 0.2) is 0 Å². The molecule has 2 rings (SSSR count). The molecular formula is C15H20N2O.